The zero-order valence-corrected chi connectivity index (χ0v) is 25.0. The molecule has 0 radical (unpaired) electrons. The van der Waals surface area contributed by atoms with Crippen molar-refractivity contribution in [2.24, 2.45) is 0 Å². The van der Waals surface area contributed by atoms with E-state index in [2.05, 4.69) is 19.5 Å². The van der Waals surface area contributed by atoms with Gasteiger partial charge in [-0.1, -0.05) is 25.1 Å². The molecule has 2 heterocycles. The van der Waals surface area contributed by atoms with Gasteiger partial charge in [0.2, 0.25) is 0 Å². The number of nitrogens with one attached hydrogen (secondary N) is 1. The molecule has 5 rings (SSSR count). The molecule has 0 saturated carbocycles. The molecular weight excluding hydrogens is 620 g/mol. The normalized spacial score (nSPS) is 19.8. The second kappa shape index (κ2) is 13.2. The molecule has 14 heteroatoms. The highest BCUT2D eigenvalue weighted by Crippen LogP contribution is 2.44. The van der Waals surface area contributed by atoms with Crippen LogP contribution >= 0.6 is 0 Å². The molecule has 0 spiro atoms. The van der Waals surface area contributed by atoms with Crippen LogP contribution in [0, 0.1) is 0 Å². The fourth-order valence-electron chi connectivity index (χ4n) is 5.55. The minimum atomic E-state index is -3.75. The first-order valence-corrected chi connectivity index (χ1v) is 15.9. The summed E-state index contributed by atoms with van der Waals surface area (Å²) in [5.74, 6) is -0.843. The summed E-state index contributed by atoms with van der Waals surface area (Å²) in [6, 6.07) is 15.8. The predicted octanol–water partition coefficient (Wildman–Crippen LogP) is 5.26. The van der Waals surface area contributed by atoms with Crippen LogP contribution in [0.15, 0.2) is 71.6 Å². The smallest absolute Gasteiger partial charge is 0.395 e. The molecule has 1 fully saturated rings. The number of nitrogens with zero attached hydrogens (tertiary/aromatic N) is 1. The van der Waals surface area contributed by atoms with Gasteiger partial charge in [-0.2, -0.15) is 8.78 Å². The molecular formula is C31H32F4N2O7S. The number of halogens is 4. The van der Waals surface area contributed by atoms with E-state index in [1.165, 1.54) is 43.3 Å². The third-order valence-electron chi connectivity index (χ3n) is 7.99. The lowest BCUT2D eigenvalue weighted by Gasteiger charge is -2.41. The molecule has 2 aliphatic heterocycles. The minimum absolute atomic E-state index is 0.0551. The van der Waals surface area contributed by atoms with Crippen molar-refractivity contribution >= 4 is 21.4 Å². The average Bonchev–Trinajstić information content (AvgIpc) is 3.35. The summed E-state index contributed by atoms with van der Waals surface area (Å²) in [5, 5.41) is 12.7. The fraction of sp³-hybridized carbons (Fsp3) is 0.387. The van der Waals surface area contributed by atoms with Crippen molar-refractivity contribution in [2.45, 2.75) is 55.6 Å². The van der Waals surface area contributed by atoms with E-state index in [-0.39, 0.29) is 40.2 Å². The SMILES string of the molecule is CCS(=O)(=O)c1ccc([C@H](CO)NC(=O)c2ccc(N3CC(c4ccc5c(c4)OC(F)(F)O5)CCC3COC(F)F)cc2)cc1. The van der Waals surface area contributed by atoms with Crippen molar-refractivity contribution in [3.05, 3.63) is 83.4 Å². The Morgan fingerprint density at radius 3 is 2.38 bits per heavy atom. The molecule has 2 unspecified atom stereocenters. The van der Waals surface area contributed by atoms with Crippen LogP contribution in [0.3, 0.4) is 0 Å². The Hall–Kier alpha value is -3.88. The first-order valence-electron chi connectivity index (χ1n) is 14.3. The molecule has 1 amide bonds. The van der Waals surface area contributed by atoms with Gasteiger partial charge in [-0.3, -0.25) is 4.79 Å². The minimum Gasteiger partial charge on any atom is -0.395 e. The maximum atomic E-state index is 13.5. The van der Waals surface area contributed by atoms with Gasteiger partial charge in [-0.15, -0.1) is 8.78 Å². The monoisotopic (exact) mass is 652 g/mol. The van der Waals surface area contributed by atoms with Gasteiger partial charge in [-0.25, -0.2) is 8.42 Å². The summed E-state index contributed by atoms with van der Waals surface area (Å²) in [4.78, 5) is 15.1. The van der Waals surface area contributed by atoms with Gasteiger partial charge in [0.05, 0.1) is 35.9 Å². The zero-order valence-electron chi connectivity index (χ0n) is 24.2. The van der Waals surface area contributed by atoms with Gasteiger partial charge in [0.1, 0.15) is 0 Å². The van der Waals surface area contributed by atoms with E-state index in [1.807, 2.05) is 4.90 Å². The van der Waals surface area contributed by atoms with Crippen LogP contribution in [-0.2, 0) is 14.6 Å². The van der Waals surface area contributed by atoms with Crippen LogP contribution in [0.1, 0.15) is 53.2 Å². The summed E-state index contributed by atoms with van der Waals surface area (Å²) in [5.41, 5.74) is 2.15. The number of hydrogen-bond acceptors (Lipinski definition) is 8. The number of amides is 1. The van der Waals surface area contributed by atoms with E-state index in [0.29, 0.717) is 30.6 Å². The van der Waals surface area contributed by atoms with Crippen LogP contribution < -0.4 is 19.7 Å². The quantitative estimate of drug-likeness (QED) is 0.270. The predicted molar refractivity (Wildman–Crippen MR) is 156 cm³/mol. The number of anilines is 1. The van der Waals surface area contributed by atoms with E-state index in [4.69, 9.17) is 0 Å². The van der Waals surface area contributed by atoms with Crippen molar-refractivity contribution in [3.63, 3.8) is 0 Å². The standard InChI is InChI=1S/C31H32F4N2O7S/c1-2-45(40,41)25-12-6-19(7-13-25)26(17-38)36-29(39)20-3-9-23(10-4-20)37-16-22(5-11-24(37)18-42-30(32)33)21-8-14-27-28(15-21)44-31(34,35)43-27/h3-4,6-10,12-15,22,24,26,30,38H,2,5,11,16-18H2,1H3,(H,36,39)/t22?,24?,26-/m0/s1. The molecule has 3 atom stereocenters. The molecule has 45 heavy (non-hydrogen) atoms. The first-order chi connectivity index (χ1) is 21.4. The van der Waals surface area contributed by atoms with Gasteiger partial charge in [0, 0.05) is 23.7 Å². The molecule has 1 saturated heterocycles. The number of hydrogen-bond donors (Lipinski definition) is 2. The van der Waals surface area contributed by atoms with Crippen molar-refractivity contribution < 1.29 is 50.1 Å². The number of aliphatic hydroxyl groups excluding tert-OH is 1. The topological polar surface area (TPSA) is 114 Å². The number of carbonyl (C=O) groups excluding carboxylic acids is 1. The van der Waals surface area contributed by atoms with Crippen LogP contribution in [-0.4, -0.2) is 63.9 Å². The highest BCUT2D eigenvalue weighted by atomic mass is 32.2. The van der Waals surface area contributed by atoms with Crippen molar-refractivity contribution in [2.75, 3.05) is 30.4 Å². The van der Waals surface area contributed by atoms with E-state index < -0.39 is 47.3 Å². The summed E-state index contributed by atoms with van der Waals surface area (Å²) >= 11 is 0. The van der Waals surface area contributed by atoms with Crippen LogP contribution in [0.2, 0.25) is 0 Å². The average molecular weight is 653 g/mol. The highest BCUT2D eigenvalue weighted by Gasteiger charge is 2.44. The third kappa shape index (κ3) is 7.51. The molecule has 3 aromatic rings. The number of aliphatic hydroxyl groups is 1. The Balaban J connectivity index is 1.30. The number of rotatable bonds is 11. The second-order valence-electron chi connectivity index (χ2n) is 10.8. The summed E-state index contributed by atoms with van der Waals surface area (Å²) in [6.07, 6.45) is -2.69. The van der Waals surface area contributed by atoms with Gasteiger partial charge >= 0.3 is 12.9 Å². The molecule has 9 nitrogen and oxygen atoms in total. The zero-order chi connectivity index (χ0) is 32.4. The van der Waals surface area contributed by atoms with Crippen molar-refractivity contribution in [1.82, 2.24) is 5.32 Å². The van der Waals surface area contributed by atoms with E-state index in [0.717, 1.165) is 5.56 Å². The first kappa shape index (κ1) is 32.5. The maximum Gasteiger partial charge on any atom is 0.586 e. The number of fused-ring (bicyclic) bond motifs is 1. The van der Waals surface area contributed by atoms with Gasteiger partial charge in [0.15, 0.2) is 21.3 Å². The van der Waals surface area contributed by atoms with Gasteiger partial charge in [0.25, 0.3) is 5.91 Å². The van der Waals surface area contributed by atoms with E-state index in [9.17, 15) is 35.9 Å². The lowest BCUT2D eigenvalue weighted by atomic mass is 9.87. The second-order valence-corrected chi connectivity index (χ2v) is 13.1. The Morgan fingerprint density at radius 2 is 1.73 bits per heavy atom. The molecule has 0 aliphatic carbocycles. The Labute approximate surface area is 257 Å². The molecule has 0 aromatic heterocycles. The van der Waals surface area contributed by atoms with Crippen molar-refractivity contribution in [1.29, 1.82) is 0 Å². The van der Waals surface area contributed by atoms with Crippen LogP contribution in [0.5, 0.6) is 11.5 Å². The van der Waals surface area contributed by atoms with Gasteiger partial charge < -0.3 is 29.5 Å². The summed E-state index contributed by atoms with van der Waals surface area (Å²) in [6.45, 7) is -1.72. The van der Waals surface area contributed by atoms with E-state index in [1.54, 1.807) is 30.3 Å². The number of carbonyl (C=O) groups is 1. The van der Waals surface area contributed by atoms with Gasteiger partial charge in [-0.05, 0) is 72.5 Å². The number of piperidine rings is 1. The third-order valence-corrected chi connectivity index (χ3v) is 9.74. The molecule has 2 N–H and O–H groups in total. The molecule has 0 bridgehead atoms. The van der Waals surface area contributed by atoms with E-state index >= 15 is 0 Å². The number of ether oxygens (including phenoxy) is 3. The Morgan fingerprint density at radius 1 is 1.04 bits per heavy atom. The lowest BCUT2D eigenvalue weighted by molar-refractivity contribution is -0.286. The number of sulfone groups is 1. The maximum absolute atomic E-state index is 13.5. The molecule has 242 valence electrons. The van der Waals surface area contributed by atoms with Crippen LogP contribution in [0.4, 0.5) is 23.2 Å². The summed E-state index contributed by atoms with van der Waals surface area (Å²) in [7, 11) is -3.40. The highest BCUT2D eigenvalue weighted by molar-refractivity contribution is 7.91. The fourth-order valence-corrected chi connectivity index (χ4v) is 6.43. The number of alkyl halides is 4. The van der Waals surface area contributed by atoms with Crippen molar-refractivity contribution in [3.8, 4) is 11.5 Å². The summed E-state index contributed by atoms with van der Waals surface area (Å²) < 4.78 is 90.8. The molecule has 2 aliphatic rings. The van der Waals surface area contributed by atoms with Crippen LogP contribution in [0.25, 0.3) is 0 Å². The Bertz CT molecular complexity index is 1610. The Kier molecular flexibility index (Phi) is 9.56. The lowest BCUT2D eigenvalue weighted by Crippen LogP contribution is -2.45. The number of benzene rings is 3. The largest absolute Gasteiger partial charge is 0.586 e. The molecule has 3 aromatic carbocycles.